The number of amides is 4. The highest BCUT2D eigenvalue weighted by atomic mass is 16.5. The van der Waals surface area contributed by atoms with Gasteiger partial charge in [0.2, 0.25) is 5.91 Å². The number of aryl methyl sites for hydroxylation is 1. The van der Waals surface area contributed by atoms with Gasteiger partial charge in [-0.3, -0.25) is 9.59 Å². The summed E-state index contributed by atoms with van der Waals surface area (Å²) in [6.07, 6.45) is 2.28. The van der Waals surface area contributed by atoms with Crippen LogP contribution in [0.25, 0.3) is 16.8 Å². The molecule has 1 heterocycles. The number of imide groups is 1. The van der Waals surface area contributed by atoms with E-state index >= 15 is 0 Å². The van der Waals surface area contributed by atoms with Gasteiger partial charge in [-0.2, -0.15) is 0 Å². The van der Waals surface area contributed by atoms with Crippen LogP contribution < -0.4 is 20.1 Å². The molecule has 1 aliphatic rings. The second-order valence-electron chi connectivity index (χ2n) is 9.28. The summed E-state index contributed by atoms with van der Waals surface area (Å²) in [6, 6.07) is 26.2. The first-order chi connectivity index (χ1) is 19.5. The third-order valence-corrected chi connectivity index (χ3v) is 6.70. The van der Waals surface area contributed by atoms with Crippen molar-refractivity contribution in [3.63, 3.8) is 0 Å². The Morgan fingerprint density at radius 1 is 0.925 bits per heavy atom. The van der Waals surface area contributed by atoms with Gasteiger partial charge in [-0.15, -0.1) is 0 Å². The van der Waals surface area contributed by atoms with Crippen LogP contribution in [0.4, 0.5) is 10.5 Å². The first kappa shape index (κ1) is 26.5. The number of carbonyl (C=O) groups is 3. The van der Waals surface area contributed by atoms with Crippen molar-refractivity contribution in [2.45, 2.75) is 20.0 Å². The molecular formula is C32H29N3O5. The molecule has 0 bridgehead atoms. The van der Waals surface area contributed by atoms with Gasteiger partial charge in [0.25, 0.3) is 5.91 Å². The van der Waals surface area contributed by atoms with Crippen LogP contribution in [-0.2, 0) is 22.6 Å². The predicted octanol–water partition coefficient (Wildman–Crippen LogP) is 5.52. The highest BCUT2D eigenvalue weighted by molar-refractivity contribution is 6.16. The van der Waals surface area contributed by atoms with Gasteiger partial charge in [-0.25, -0.2) is 9.69 Å². The molecule has 1 aliphatic heterocycles. The number of ether oxygens (including phenoxy) is 2. The van der Waals surface area contributed by atoms with Crippen molar-refractivity contribution in [3.05, 3.63) is 107 Å². The Balaban J connectivity index is 1.27. The minimum Gasteiger partial charge on any atom is -0.493 e. The molecule has 8 heteroatoms. The fraction of sp³-hybridized carbons (Fsp3) is 0.156. The molecular weight excluding hydrogens is 506 g/mol. The van der Waals surface area contributed by atoms with Crippen LogP contribution in [0.1, 0.15) is 23.6 Å². The number of carbonyl (C=O) groups excluding carboxylic acids is 3. The minimum absolute atomic E-state index is 0.0678. The van der Waals surface area contributed by atoms with Crippen LogP contribution in [-0.4, -0.2) is 36.4 Å². The molecule has 4 aromatic rings. The molecule has 0 unspecified atom stereocenters. The zero-order valence-corrected chi connectivity index (χ0v) is 22.3. The van der Waals surface area contributed by atoms with E-state index in [1.54, 1.807) is 30.3 Å². The Bertz CT molecular complexity index is 1620. The van der Waals surface area contributed by atoms with Gasteiger partial charge in [0, 0.05) is 5.69 Å². The third kappa shape index (κ3) is 5.66. The summed E-state index contributed by atoms with van der Waals surface area (Å²) >= 11 is 0. The number of urea groups is 1. The number of benzene rings is 4. The van der Waals surface area contributed by atoms with Crippen LogP contribution in [0.5, 0.6) is 11.5 Å². The van der Waals surface area contributed by atoms with Gasteiger partial charge < -0.3 is 20.1 Å². The van der Waals surface area contributed by atoms with Crippen molar-refractivity contribution in [1.29, 1.82) is 0 Å². The molecule has 202 valence electrons. The molecule has 0 spiro atoms. The topological polar surface area (TPSA) is 97.0 Å². The summed E-state index contributed by atoms with van der Waals surface area (Å²) in [4.78, 5) is 39.0. The maximum atomic E-state index is 13.0. The number of fused-ring (bicyclic) bond motifs is 1. The van der Waals surface area contributed by atoms with E-state index in [9.17, 15) is 14.4 Å². The highest BCUT2D eigenvalue weighted by Gasteiger charge is 2.35. The molecule has 8 nitrogen and oxygen atoms in total. The fourth-order valence-corrected chi connectivity index (χ4v) is 4.63. The number of para-hydroxylation sites is 1. The molecule has 1 saturated heterocycles. The average Bonchev–Trinajstić information content (AvgIpc) is 3.23. The van der Waals surface area contributed by atoms with E-state index in [1.165, 1.54) is 7.11 Å². The van der Waals surface area contributed by atoms with Crippen LogP contribution in [0.15, 0.2) is 90.6 Å². The smallest absolute Gasteiger partial charge is 0.329 e. The maximum absolute atomic E-state index is 13.0. The zero-order chi connectivity index (χ0) is 28.1. The predicted molar refractivity (Wildman–Crippen MR) is 154 cm³/mol. The van der Waals surface area contributed by atoms with Crippen molar-refractivity contribution < 1.29 is 23.9 Å². The number of anilines is 1. The normalized spacial score (nSPS) is 13.9. The first-order valence-electron chi connectivity index (χ1n) is 13.0. The van der Waals surface area contributed by atoms with Gasteiger partial charge in [0.1, 0.15) is 18.8 Å². The number of rotatable bonds is 9. The van der Waals surface area contributed by atoms with Crippen LogP contribution in [0.2, 0.25) is 0 Å². The summed E-state index contributed by atoms with van der Waals surface area (Å²) in [5.41, 5.74) is 3.37. The van der Waals surface area contributed by atoms with E-state index in [4.69, 9.17) is 9.47 Å². The SMILES string of the molecule is CCc1ccccc1NC(=O)CN1C(=O)N/C(=C/c2ccc(OCc3cccc4ccccc34)c(OC)c2)C1=O. The number of methoxy groups -OCH3 is 1. The monoisotopic (exact) mass is 535 g/mol. The molecule has 40 heavy (non-hydrogen) atoms. The minimum atomic E-state index is -0.655. The second kappa shape index (κ2) is 11.7. The van der Waals surface area contributed by atoms with Crippen LogP contribution in [0, 0.1) is 0 Å². The van der Waals surface area contributed by atoms with Crippen molar-refractivity contribution in [3.8, 4) is 11.5 Å². The highest BCUT2D eigenvalue weighted by Crippen LogP contribution is 2.31. The Morgan fingerprint density at radius 2 is 1.68 bits per heavy atom. The summed E-state index contributed by atoms with van der Waals surface area (Å²) < 4.78 is 11.6. The maximum Gasteiger partial charge on any atom is 0.329 e. The first-order valence-corrected chi connectivity index (χ1v) is 13.0. The molecule has 0 aliphatic carbocycles. The number of hydrogen-bond acceptors (Lipinski definition) is 5. The Morgan fingerprint density at radius 3 is 2.50 bits per heavy atom. The van der Waals surface area contributed by atoms with Crippen molar-refractivity contribution in [2.75, 3.05) is 19.0 Å². The van der Waals surface area contributed by atoms with Crippen LogP contribution >= 0.6 is 0 Å². The van der Waals surface area contributed by atoms with Gasteiger partial charge in [-0.1, -0.05) is 73.7 Å². The lowest BCUT2D eigenvalue weighted by Gasteiger charge is -2.14. The molecule has 4 aromatic carbocycles. The van der Waals surface area contributed by atoms with Crippen LogP contribution in [0.3, 0.4) is 0 Å². The number of nitrogens with zero attached hydrogens (tertiary/aromatic N) is 1. The van der Waals surface area contributed by atoms with Crippen molar-refractivity contribution in [2.24, 2.45) is 0 Å². The zero-order valence-electron chi connectivity index (χ0n) is 22.3. The molecule has 1 fully saturated rings. The summed E-state index contributed by atoms with van der Waals surface area (Å²) in [5, 5.41) is 7.60. The molecule has 0 atom stereocenters. The molecule has 0 radical (unpaired) electrons. The summed E-state index contributed by atoms with van der Waals surface area (Å²) in [6.45, 7) is 1.94. The number of hydrogen-bond donors (Lipinski definition) is 2. The van der Waals surface area contributed by atoms with Crippen molar-refractivity contribution in [1.82, 2.24) is 10.2 Å². The van der Waals surface area contributed by atoms with E-state index in [0.29, 0.717) is 29.4 Å². The Hall–Kier alpha value is -5.11. The summed E-state index contributed by atoms with van der Waals surface area (Å²) in [7, 11) is 1.54. The molecule has 5 rings (SSSR count). The van der Waals surface area contributed by atoms with Gasteiger partial charge in [0.15, 0.2) is 11.5 Å². The molecule has 2 N–H and O–H groups in total. The van der Waals surface area contributed by atoms with E-state index in [1.807, 2.05) is 49.4 Å². The lowest BCUT2D eigenvalue weighted by Crippen LogP contribution is -2.38. The quantitative estimate of drug-likeness (QED) is 0.217. The lowest BCUT2D eigenvalue weighted by atomic mass is 10.1. The number of nitrogens with one attached hydrogen (secondary N) is 2. The second-order valence-corrected chi connectivity index (χ2v) is 9.28. The fourth-order valence-electron chi connectivity index (χ4n) is 4.63. The van der Waals surface area contributed by atoms with Gasteiger partial charge in [0.05, 0.1) is 7.11 Å². The Kier molecular flexibility index (Phi) is 7.77. The van der Waals surface area contributed by atoms with Crippen molar-refractivity contribution >= 4 is 40.4 Å². The van der Waals surface area contributed by atoms with E-state index in [0.717, 1.165) is 33.2 Å². The largest absolute Gasteiger partial charge is 0.493 e. The third-order valence-electron chi connectivity index (χ3n) is 6.70. The molecule has 0 saturated carbocycles. The Labute approximate surface area is 232 Å². The van der Waals surface area contributed by atoms with Gasteiger partial charge >= 0.3 is 6.03 Å². The molecule has 0 aromatic heterocycles. The average molecular weight is 536 g/mol. The van der Waals surface area contributed by atoms with E-state index in [2.05, 4.69) is 28.8 Å². The van der Waals surface area contributed by atoms with Gasteiger partial charge in [-0.05, 0) is 58.2 Å². The lowest BCUT2D eigenvalue weighted by molar-refractivity contribution is -0.127. The standard InChI is InChI=1S/C32H29N3O5/c1-3-22-9-5-7-14-26(22)33-30(36)19-35-31(37)27(34-32(35)38)17-21-15-16-28(29(18-21)39-2)40-20-24-12-8-11-23-10-4-6-13-25(23)24/h4-18H,3,19-20H2,1-2H3,(H,33,36)(H,34,38)/b27-17+. The molecule has 4 amide bonds. The van der Waals surface area contributed by atoms with E-state index in [-0.39, 0.29) is 5.70 Å². The summed E-state index contributed by atoms with van der Waals surface area (Å²) in [5.74, 6) is -0.0126. The van der Waals surface area contributed by atoms with E-state index < -0.39 is 24.4 Å².